The first kappa shape index (κ1) is 26.9. The molecule has 4 aromatic rings. The fraction of sp³-hybridized carbons (Fsp3) is 0.321. The first-order chi connectivity index (χ1) is 17.9. The Balaban J connectivity index is 1.68. The van der Waals surface area contributed by atoms with Gasteiger partial charge >= 0.3 is 0 Å². The Hall–Kier alpha value is -3.14. The quantitative estimate of drug-likeness (QED) is 0.238. The van der Waals surface area contributed by atoms with Gasteiger partial charge in [0.15, 0.2) is 5.13 Å². The normalized spacial score (nSPS) is 11.8. The van der Waals surface area contributed by atoms with E-state index in [1.54, 1.807) is 23.2 Å². The lowest BCUT2D eigenvalue weighted by molar-refractivity contribution is 0.0984. The number of unbranched alkanes of at least 4 members (excludes halogenated alkanes) is 1. The monoisotopic (exact) mass is 536 g/mol. The fourth-order valence-corrected chi connectivity index (χ4v) is 6.63. The first-order valence-corrected chi connectivity index (χ1v) is 14.8. The minimum absolute atomic E-state index is 0.186. The number of para-hydroxylation sites is 1. The highest BCUT2D eigenvalue weighted by Crippen LogP contribution is 2.33. The third kappa shape index (κ3) is 5.89. The van der Waals surface area contributed by atoms with Crippen molar-refractivity contribution >= 4 is 42.6 Å². The number of carbonyl (C=O) groups excluding carboxylic acids is 1. The standard InChI is InChI=1S/C28H32N4O3S2/c1-4-7-19-31(6-3)37(34,35)24-16-14-22(15-17-24)27(33)32(20-23-12-8-9-18-29-23)28-30-26-21(5-2)11-10-13-25(26)36-28/h8-18H,4-7,19-20H2,1-3H3. The van der Waals surface area contributed by atoms with Crippen molar-refractivity contribution in [3.63, 3.8) is 0 Å². The van der Waals surface area contributed by atoms with Crippen LogP contribution in [0.15, 0.2) is 71.8 Å². The summed E-state index contributed by atoms with van der Waals surface area (Å²) in [5.74, 6) is -0.259. The van der Waals surface area contributed by atoms with Gasteiger partial charge in [0.1, 0.15) is 0 Å². The second-order valence-corrected chi connectivity index (χ2v) is 11.6. The summed E-state index contributed by atoms with van der Waals surface area (Å²) in [7, 11) is -3.62. The summed E-state index contributed by atoms with van der Waals surface area (Å²) in [6, 6.07) is 17.9. The molecule has 0 aliphatic heterocycles. The van der Waals surface area contributed by atoms with Gasteiger partial charge in [-0.3, -0.25) is 14.7 Å². The Morgan fingerprint density at radius 3 is 2.41 bits per heavy atom. The van der Waals surface area contributed by atoms with Crippen molar-refractivity contribution in [3.05, 3.63) is 83.7 Å². The maximum Gasteiger partial charge on any atom is 0.260 e. The van der Waals surface area contributed by atoms with E-state index in [2.05, 4.69) is 18.0 Å². The molecular weight excluding hydrogens is 504 g/mol. The van der Waals surface area contributed by atoms with Crippen LogP contribution in [0.5, 0.6) is 0 Å². The zero-order chi connectivity index (χ0) is 26.4. The van der Waals surface area contributed by atoms with E-state index in [9.17, 15) is 13.2 Å². The van der Waals surface area contributed by atoms with Gasteiger partial charge in [-0.25, -0.2) is 13.4 Å². The number of hydrogen-bond donors (Lipinski definition) is 0. The summed E-state index contributed by atoms with van der Waals surface area (Å²) >= 11 is 1.46. The highest BCUT2D eigenvalue weighted by Gasteiger charge is 2.25. The Morgan fingerprint density at radius 1 is 0.973 bits per heavy atom. The molecule has 2 aromatic carbocycles. The second-order valence-electron chi connectivity index (χ2n) is 8.70. The molecule has 194 valence electrons. The van der Waals surface area contributed by atoms with Crippen LogP contribution >= 0.6 is 11.3 Å². The maximum absolute atomic E-state index is 13.8. The Morgan fingerprint density at radius 2 is 1.76 bits per heavy atom. The van der Waals surface area contributed by atoms with Crippen LogP contribution in [0.3, 0.4) is 0 Å². The van der Waals surface area contributed by atoms with E-state index >= 15 is 0 Å². The second kappa shape index (κ2) is 11.9. The van der Waals surface area contributed by atoms with Crippen LogP contribution in [-0.2, 0) is 23.0 Å². The third-order valence-electron chi connectivity index (χ3n) is 6.25. The smallest absolute Gasteiger partial charge is 0.260 e. The molecule has 4 rings (SSSR count). The molecule has 0 atom stereocenters. The topological polar surface area (TPSA) is 83.5 Å². The van der Waals surface area contributed by atoms with E-state index in [0.29, 0.717) is 23.8 Å². The van der Waals surface area contributed by atoms with Crippen LogP contribution in [0.4, 0.5) is 5.13 Å². The first-order valence-electron chi connectivity index (χ1n) is 12.6. The molecule has 0 saturated heterocycles. The Kier molecular flexibility index (Phi) is 8.68. The number of carbonyl (C=O) groups is 1. The van der Waals surface area contributed by atoms with Crippen molar-refractivity contribution in [1.82, 2.24) is 14.3 Å². The predicted molar refractivity (Wildman–Crippen MR) is 150 cm³/mol. The van der Waals surface area contributed by atoms with Gasteiger partial charge in [-0.05, 0) is 60.9 Å². The molecule has 0 N–H and O–H groups in total. The number of rotatable bonds is 11. The molecule has 1 amide bonds. The molecule has 2 aromatic heterocycles. The van der Waals surface area contributed by atoms with Gasteiger partial charge < -0.3 is 0 Å². The highest BCUT2D eigenvalue weighted by atomic mass is 32.2. The van der Waals surface area contributed by atoms with Gasteiger partial charge in [0.2, 0.25) is 10.0 Å². The van der Waals surface area contributed by atoms with Crippen molar-refractivity contribution in [2.24, 2.45) is 0 Å². The number of aromatic nitrogens is 2. The summed E-state index contributed by atoms with van der Waals surface area (Å²) < 4.78 is 28.7. The minimum atomic E-state index is -3.62. The number of sulfonamides is 1. The molecular formula is C28H32N4O3S2. The number of anilines is 1. The molecule has 0 unspecified atom stereocenters. The Bertz CT molecular complexity index is 1450. The van der Waals surface area contributed by atoms with Gasteiger partial charge in [0.25, 0.3) is 5.91 Å². The zero-order valence-electron chi connectivity index (χ0n) is 21.4. The van der Waals surface area contributed by atoms with Gasteiger partial charge in [0, 0.05) is 24.8 Å². The molecule has 37 heavy (non-hydrogen) atoms. The summed E-state index contributed by atoms with van der Waals surface area (Å²) in [6.45, 7) is 7.09. The van der Waals surface area contributed by atoms with Crippen LogP contribution in [0.2, 0.25) is 0 Å². The molecule has 0 spiro atoms. The van der Waals surface area contributed by atoms with E-state index in [-0.39, 0.29) is 17.3 Å². The van der Waals surface area contributed by atoms with Crippen molar-refractivity contribution in [1.29, 1.82) is 0 Å². The lowest BCUT2D eigenvalue weighted by atomic mass is 10.1. The van der Waals surface area contributed by atoms with E-state index in [0.717, 1.165) is 40.7 Å². The number of benzene rings is 2. The molecule has 2 heterocycles. The zero-order valence-corrected chi connectivity index (χ0v) is 23.1. The molecule has 0 saturated carbocycles. The summed E-state index contributed by atoms with van der Waals surface area (Å²) in [5.41, 5.74) is 3.15. The fourth-order valence-electron chi connectivity index (χ4n) is 4.13. The van der Waals surface area contributed by atoms with E-state index in [1.165, 1.54) is 27.8 Å². The van der Waals surface area contributed by atoms with Crippen LogP contribution < -0.4 is 4.90 Å². The molecule has 0 aliphatic carbocycles. The molecule has 0 bridgehead atoms. The number of hydrogen-bond acceptors (Lipinski definition) is 6. The molecule has 9 heteroatoms. The van der Waals surface area contributed by atoms with Crippen molar-refractivity contribution in [2.75, 3.05) is 18.0 Å². The molecule has 7 nitrogen and oxygen atoms in total. The maximum atomic E-state index is 13.8. The van der Waals surface area contributed by atoms with Crippen LogP contribution in [0.25, 0.3) is 10.2 Å². The number of amides is 1. The van der Waals surface area contributed by atoms with Crippen molar-refractivity contribution in [2.45, 2.75) is 51.5 Å². The highest BCUT2D eigenvalue weighted by molar-refractivity contribution is 7.89. The predicted octanol–water partition coefficient (Wildman–Crippen LogP) is 5.91. The Labute approximate surface area is 222 Å². The van der Waals surface area contributed by atoms with Gasteiger partial charge in [0.05, 0.1) is 27.4 Å². The number of aryl methyl sites for hydroxylation is 1. The minimum Gasteiger partial charge on any atom is -0.278 e. The summed E-state index contributed by atoms with van der Waals surface area (Å²) in [6.07, 6.45) is 4.26. The molecule has 0 fully saturated rings. The summed E-state index contributed by atoms with van der Waals surface area (Å²) in [5, 5.41) is 0.583. The van der Waals surface area contributed by atoms with E-state index in [1.807, 2.05) is 44.2 Å². The van der Waals surface area contributed by atoms with E-state index in [4.69, 9.17) is 4.98 Å². The number of nitrogens with zero attached hydrogens (tertiary/aromatic N) is 4. The average Bonchev–Trinajstić information content (AvgIpc) is 3.36. The lowest BCUT2D eigenvalue weighted by Gasteiger charge is -2.21. The number of fused-ring (bicyclic) bond motifs is 1. The van der Waals surface area contributed by atoms with Gasteiger partial charge in [-0.1, -0.05) is 56.7 Å². The van der Waals surface area contributed by atoms with E-state index < -0.39 is 10.0 Å². The number of thiazole rings is 1. The number of pyridine rings is 1. The van der Waals surface area contributed by atoms with Crippen LogP contribution in [0.1, 0.15) is 55.2 Å². The van der Waals surface area contributed by atoms with Crippen LogP contribution in [-0.4, -0.2) is 41.7 Å². The van der Waals surface area contributed by atoms with Crippen molar-refractivity contribution in [3.8, 4) is 0 Å². The summed E-state index contributed by atoms with van der Waals surface area (Å²) in [4.78, 5) is 24.8. The SMILES string of the molecule is CCCCN(CC)S(=O)(=O)c1ccc(C(=O)N(Cc2ccccn2)c2nc3c(CC)cccc3s2)cc1. The molecule has 0 aliphatic rings. The lowest BCUT2D eigenvalue weighted by Crippen LogP contribution is -2.32. The van der Waals surface area contributed by atoms with Gasteiger partial charge in [-0.15, -0.1) is 0 Å². The van der Waals surface area contributed by atoms with Gasteiger partial charge in [-0.2, -0.15) is 4.31 Å². The van der Waals surface area contributed by atoms with Crippen molar-refractivity contribution < 1.29 is 13.2 Å². The largest absolute Gasteiger partial charge is 0.278 e. The third-order valence-corrected chi connectivity index (χ3v) is 9.28. The molecule has 0 radical (unpaired) electrons. The van der Waals surface area contributed by atoms with Crippen LogP contribution in [0, 0.1) is 0 Å². The average molecular weight is 537 g/mol.